The van der Waals surface area contributed by atoms with Gasteiger partial charge in [-0.15, -0.1) is 0 Å². The van der Waals surface area contributed by atoms with Gasteiger partial charge in [-0.25, -0.2) is 9.97 Å². The minimum absolute atomic E-state index is 0.103. The molecule has 1 aliphatic heterocycles. The van der Waals surface area contributed by atoms with Crippen LogP contribution in [0.3, 0.4) is 0 Å². The van der Waals surface area contributed by atoms with E-state index in [4.69, 9.17) is 4.74 Å². The van der Waals surface area contributed by atoms with Crippen LogP contribution in [0.2, 0.25) is 0 Å². The maximum atomic E-state index is 11.7. The summed E-state index contributed by atoms with van der Waals surface area (Å²) in [6.07, 6.45) is 1.29. The van der Waals surface area contributed by atoms with Gasteiger partial charge in [-0.2, -0.15) is 0 Å². The quantitative estimate of drug-likeness (QED) is 0.732. The second kappa shape index (κ2) is 5.70. The van der Waals surface area contributed by atoms with Gasteiger partial charge in [0.1, 0.15) is 11.9 Å². The normalized spacial score (nSPS) is 19.9. The van der Waals surface area contributed by atoms with Crippen LogP contribution in [0.4, 0.5) is 0 Å². The molecule has 1 unspecified atom stereocenters. The molecule has 92 valence electrons. The van der Waals surface area contributed by atoms with E-state index < -0.39 is 6.10 Å². The lowest BCUT2D eigenvalue weighted by atomic mass is 10.3. The number of carbonyl (C=O) groups excluding carboxylic acids is 1. The van der Waals surface area contributed by atoms with Crippen molar-refractivity contribution < 1.29 is 9.53 Å². The fourth-order valence-electron chi connectivity index (χ4n) is 1.63. The Morgan fingerprint density at radius 1 is 1.71 bits per heavy atom. The monoisotopic (exact) mass is 236 g/mol. The predicted octanol–water partition coefficient (Wildman–Crippen LogP) is -0.610. The van der Waals surface area contributed by atoms with Gasteiger partial charge in [0, 0.05) is 19.3 Å². The van der Waals surface area contributed by atoms with Crippen LogP contribution in [0.15, 0.2) is 12.3 Å². The summed E-state index contributed by atoms with van der Waals surface area (Å²) in [5, 5.41) is 5.91. The molecule has 6 nitrogen and oxygen atoms in total. The summed E-state index contributed by atoms with van der Waals surface area (Å²) in [5.74, 6) is 0.598. The SMILES string of the molecule is Cc1nccc(CNC(=O)C2CNCCO2)n1. The van der Waals surface area contributed by atoms with Crippen molar-refractivity contribution in [3.05, 3.63) is 23.8 Å². The molecule has 0 saturated carbocycles. The summed E-state index contributed by atoms with van der Waals surface area (Å²) in [4.78, 5) is 19.9. The zero-order valence-corrected chi connectivity index (χ0v) is 9.77. The lowest BCUT2D eigenvalue weighted by Crippen LogP contribution is -2.47. The molecule has 0 radical (unpaired) electrons. The highest BCUT2D eigenvalue weighted by Gasteiger charge is 2.21. The molecule has 1 aliphatic rings. The lowest BCUT2D eigenvalue weighted by Gasteiger charge is -2.22. The fraction of sp³-hybridized carbons (Fsp3) is 0.545. The van der Waals surface area contributed by atoms with Crippen LogP contribution in [-0.4, -0.2) is 41.7 Å². The molecule has 2 heterocycles. The molecular weight excluding hydrogens is 220 g/mol. The second-order valence-corrected chi connectivity index (χ2v) is 3.88. The maximum absolute atomic E-state index is 11.7. The molecule has 0 aliphatic carbocycles. The van der Waals surface area contributed by atoms with Crippen LogP contribution in [0, 0.1) is 6.92 Å². The Morgan fingerprint density at radius 2 is 2.59 bits per heavy atom. The van der Waals surface area contributed by atoms with Crippen LogP contribution < -0.4 is 10.6 Å². The van der Waals surface area contributed by atoms with E-state index >= 15 is 0 Å². The Balaban J connectivity index is 1.83. The van der Waals surface area contributed by atoms with Gasteiger partial charge in [0.25, 0.3) is 5.91 Å². The summed E-state index contributed by atoms with van der Waals surface area (Å²) in [6, 6.07) is 1.78. The van der Waals surface area contributed by atoms with E-state index in [9.17, 15) is 4.79 Å². The Kier molecular flexibility index (Phi) is 4.00. The number of nitrogens with zero attached hydrogens (tertiary/aromatic N) is 2. The molecule has 1 aromatic rings. The topological polar surface area (TPSA) is 76.1 Å². The molecule has 1 amide bonds. The van der Waals surface area contributed by atoms with E-state index in [1.165, 1.54) is 0 Å². The molecule has 0 spiro atoms. The van der Waals surface area contributed by atoms with Crippen molar-refractivity contribution in [1.29, 1.82) is 0 Å². The van der Waals surface area contributed by atoms with Crippen LogP contribution in [-0.2, 0) is 16.1 Å². The van der Waals surface area contributed by atoms with Crippen LogP contribution in [0.25, 0.3) is 0 Å². The Morgan fingerprint density at radius 3 is 3.29 bits per heavy atom. The van der Waals surface area contributed by atoms with Crippen molar-refractivity contribution in [2.24, 2.45) is 0 Å². The summed E-state index contributed by atoms with van der Waals surface area (Å²) < 4.78 is 5.34. The third-order valence-electron chi connectivity index (χ3n) is 2.50. The number of aromatic nitrogens is 2. The van der Waals surface area contributed by atoms with E-state index in [0.717, 1.165) is 12.2 Å². The van der Waals surface area contributed by atoms with Gasteiger partial charge in [0.05, 0.1) is 18.8 Å². The highest BCUT2D eigenvalue weighted by atomic mass is 16.5. The van der Waals surface area contributed by atoms with Gasteiger partial charge in [-0.05, 0) is 13.0 Å². The van der Waals surface area contributed by atoms with E-state index in [0.29, 0.717) is 25.5 Å². The molecule has 1 saturated heterocycles. The third kappa shape index (κ3) is 3.47. The molecule has 0 aromatic carbocycles. The lowest BCUT2D eigenvalue weighted by molar-refractivity contribution is -0.134. The van der Waals surface area contributed by atoms with Crippen molar-refractivity contribution in [3.8, 4) is 0 Å². The van der Waals surface area contributed by atoms with E-state index in [1.54, 1.807) is 12.3 Å². The van der Waals surface area contributed by atoms with Gasteiger partial charge in [0.2, 0.25) is 0 Å². The first-order chi connectivity index (χ1) is 8.25. The number of ether oxygens (including phenoxy) is 1. The highest BCUT2D eigenvalue weighted by Crippen LogP contribution is 1.98. The number of amides is 1. The van der Waals surface area contributed by atoms with Crippen molar-refractivity contribution in [3.63, 3.8) is 0 Å². The number of aryl methyl sites for hydroxylation is 1. The first-order valence-electron chi connectivity index (χ1n) is 5.64. The number of carbonyl (C=O) groups is 1. The van der Waals surface area contributed by atoms with Crippen LogP contribution in [0.5, 0.6) is 0 Å². The van der Waals surface area contributed by atoms with E-state index in [2.05, 4.69) is 20.6 Å². The average Bonchev–Trinajstić information content (AvgIpc) is 2.37. The number of nitrogens with one attached hydrogen (secondary N) is 2. The molecule has 2 N–H and O–H groups in total. The van der Waals surface area contributed by atoms with Crippen molar-refractivity contribution in [2.75, 3.05) is 19.7 Å². The summed E-state index contributed by atoms with van der Waals surface area (Å²) in [5.41, 5.74) is 0.801. The number of rotatable bonds is 3. The van der Waals surface area contributed by atoms with Crippen molar-refractivity contribution in [1.82, 2.24) is 20.6 Å². The largest absolute Gasteiger partial charge is 0.366 e. The summed E-state index contributed by atoms with van der Waals surface area (Å²) >= 11 is 0. The Labute approximate surface area is 99.8 Å². The van der Waals surface area contributed by atoms with E-state index in [-0.39, 0.29) is 5.91 Å². The summed E-state index contributed by atoms with van der Waals surface area (Å²) in [7, 11) is 0. The van der Waals surface area contributed by atoms with Gasteiger partial charge in [-0.3, -0.25) is 4.79 Å². The second-order valence-electron chi connectivity index (χ2n) is 3.88. The molecule has 6 heteroatoms. The van der Waals surface area contributed by atoms with Gasteiger partial charge >= 0.3 is 0 Å². The van der Waals surface area contributed by atoms with Gasteiger partial charge in [-0.1, -0.05) is 0 Å². The van der Waals surface area contributed by atoms with Gasteiger partial charge < -0.3 is 15.4 Å². The van der Waals surface area contributed by atoms with Crippen molar-refractivity contribution >= 4 is 5.91 Å². The summed E-state index contributed by atoms with van der Waals surface area (Å²) in [6.45, 7) is 4.16. The maximum Gasteiger partial charge on any atom is 0.250 e. The third-order valence-corrected chi connectivity index (χ3v) is 2.50. The highest BCUT2D eigenvalue weighted by molar-refractivity contribution is 5.81. The first kappa shape index (κ1) is 11.9. The molecule has 1 fully saturated rings. The standard InChI is InChI=1S/C11H16N4O2/c1-8-13-3-2-9(15-8)6-14-11(16)10-7-12-4-5-17-10/h2-3,10,12H,4-7H2,1H3,(H,14,16). The molecule has 2 rings (SSSR count). The number of morpholine rings is 1. The average molecular weight is 236 g/mol. The molecule has 0 bridgehead atoms. The van der Waals surface area contributed by atoms with Crippen molar-refractivity contribution in [2.45, 2.75) is 19.6 Å². The smallest absolute Gasteiger partial charge is 0.250 e. The Bertz CT molecular complexity index is 391. The fourth-order valence-corrected chi connectivity index (χ4v) is 1.63. The minimum Gasteiger partial charge on any atom is -0.366 e. The molecule has 1 atom stereocenters. The van der Waals surface area contributed by atoms with Gasteiger partial charge in [0.15, 0.2) is 0 Å². The predicted molar refractivity (Wildman–Crippen MR) is 61.2 cm³/mol. The Hall–Kier alpha value is -1.53. The van der Waals surface area contributed by atoms with E-state index in [1.807, 2.05) is 6.92 Å². The van der Waals surface area contributed by atoms with Crippen LogP contribution >= 0.6 is 0 Å². The van der Waals surface area contributed by atoms with Crippen LogP contribution in [0.1, 0.15) is 11.5 Å². The first-order valence-corrected chi connectivity index (χ1v) is 5.64. The zero-order chi connectivity index (χ0) is 12.1. The number of hydrogen-bond donors (Lipinski definition) is 2. The zero-order valence-electron chi connectivity index (χ0n) is 9.77. The molecular formula is C11H16N4O2. The molecule has 17 heavy (non-hydrogen) atoms. The molecule has 1 aromatic heterocycles. The minimum atomic E-state index is -0.397. The number of hydrogen-bond acceptors (Lipinski definition) is 5.